The van der Waals surface area contributed by atoms with E-state index in [0.717, 1.165) is 0 Å². The van der Waals surface area contributed by atoms with Gasteiger partial charge in [0.05, 0.1) is 16.5 Å². The first-order valence-electron chi connectivity index (χ1n) is 15.3. The molecule has 2 aliphatic heterocycles. The molecule has 1 saturated heterocycles. The zero-order chi connectivity index (χ0) is 32.6. The number of allylic oxidation sites excluding steroid dienone is 4. The van der Waals surface area contributed by atoms with Crippen molar-refractivity contribution in [3.05, 3.63) is 63.9 Å². The van der Waals surface area contributed by atoms with Crippen molar-refractivity contribution in [2.75, 3.05) is 5.32 Å². The molecule has 242 valence electrons. The first-order chi connectivity index (χ1) is 21.1. The number of rotatable bonds is 6. The van der Waals surface area contributed by atoms with E-state index in [1.807, 2.05) is 0 Å². The van der Waals surface area contributed by atoms with Gasteiger partial charge in [-0.3, -0.25) is 19.7 Å². The maximum absolute atomic E-state index is 16.2. The molecule has 2 amide bonds. The van der Waals surface area contributed by atoms with E-state index in [4.69, 9.17) is 23.2 Å². The first kappa shape index (κ1) is 32.1. The summed E-state index contributed by atoms with van der Waals surface area (Å²) in [5, 5.41) is 19.3. The van der Waals surface area contributed by atoms with E-state index < -0.39 is 76.2 Å². The monoisotopic (exact) mass is 665 g/mol. The van der Waals surface area contributed by atoms with Gasteiger partial charge in [-0.2, -0.15) is 0 Å². The third kappa shape index (κ3) is 4.76. The summed E-state index contributed by atoms with van der Waals surface area (Å²) in [5.74, 6) is -7.06. The van der Waals surface area contributed by atoms with Crippen LogP contribution in [0.1, 0.15) is 76.7 Å². The smallest absolute Gasteiger partial charge is 0.309 e. The van der Waals surface area contributed by atoms with Gasteiger partial charge in [0.15, 0.2) is 0 Å². The van der Waals surface area contributed by atoms with E-state index in [1.54, 1.807) is 25.1 Å². The number of fused-ring (bicyclic) bond motifs is 6. The topological polar surface area (TPSA) is 108 Å². The van der Waals surface area contributed by atoms with Crippen molar-refractivity contribution in [3.63, 3.8) is 0 Å². The molecule has 6 aliphatic rings. The normalized spacial score (nSPS) is 34.9. The summed E-state index contributed by atoms with van der Waals surface area (Å²) in [7, 11) is 0. The summed E-state index contributed by atoms with van der Waals surface area (Å²) >= 11 is 12.6. The summed E-state index contributed by atoms with van der Waals surface area (Å²) in [6, 6.07) is 3.52. The van der Waals surface area contributed by atoms with Crippen molar-refractivity contribution in [1.29, 1.82) is 0 Å². The van der Waals surface area contributed by atoms with Crippen LogP contribution in [0.4, 0.5) is 18.9 Å². The number of carboxylic acids is 1. The second-order valence-electron chi connectivity index (χ2n) is 13.5. The second-order valence-corrected chi connectivity index (χ2v) is 14.4. The third-order valence-corrected chi connectivity index (χ3v) is 11.9. The Kier molecular flexibility index (Phi) is 7.77. The highest BCUT2D eigenvalue weighted by Gasteiger charge is 2.74. The molecule has 1 aromatic carbocycles. The highest BCUT2D eigenvalue weighted by Crippen LogP contribution is 2.63. The van der Waals surface area contributed by atoms with Crippen LogP contribution >= 0.6 is 23.2 Å². The number of benzene rings is 1. The maximum Gasteiger partial charge on any atom is 0.309 e. The Balaban J connectivity index is 1.49. The molecule has 5 fully saturated rings. The quantitative estimate of drug-likeness (QED) is 0.247. The molecule has 7 rings (SSSR count). The molecule has 4 saturated carbocycles. The molecular weight excluding hydrogens is 630 g/mol. The molecule has 7 nitrogen and oxygen atoms in total. The average molecular weight is 667 g/mol. The van der Waals surface area contributed by atoms with Gasteiger partial charge in [0.25, 0.3) is 0 Å². The Morgan fingerprint density at radius 2 is 1.69 bits per heavy atom. The van der Waals surface area contributed by atoms with Crippen LogP contribution in [0, 0.1) is 11.3 Å². The molecule has 1 aromatic rings. The van der Waals surface area contributed by atoms with Crippen molar-refractivity contribution in [2.45, 2.75) is 99.6 Å². The number of alkyl halides is 2. The van der Waals surface area contributed by atoms with Gasteiger partial charge in [-0.05, 0) is 87.6 Å². The lowest BCUT2D eigenvalue weighted by Gasteiger charge is -2.52. The Labute approximate surface area is 269 Å². The summed E-state index contributed by atoms with van der Waals surface area (Å²) in [6.07, 6.45) is 4.06. The van der Waals surface area contributed by atoms with Gasteiger partial charge in [-0.1, -0.05) is 41.9 Å². The van der Waals surface area contributed by atoms with Crippen LogP contribution in [0.2, 0.25) is 5.02 Å². The molecule has 0 radical (unpaired) electrons. The van der Waals surface area contributed by atoms with E-state index >= 15 is 4.39 Å². The number of hydrogen-bond donors (Lipinski definition) is 4. The van der Waals surface area contributed by atoms with Crippen molar-refractivity contribution >= 4 is 46.7 Å². The number of anilines is 1. The molecule has 2 heterocycles. The SMILES string of the molecule is C=C(/C(F)=C(Cl)\C=C/C)[C@H]1[C@H](C(=O)NC23CCC(C(=O)O)(CC2)CC3)NC2(CCC(F)(F)CC2)[C@@]12C(=O)Nc1cc(Cl)ccc12. The number of carbonyl (C=O) groups excluding carboxylic acids is 2. The zero-order valence-electron chi connectivity index (χ0n) is 24.9. The Morgan fingerprint density at radius 1 is 1.07 bits per heavy atom. The molecular formula is C33H36Cl2F3N3O4. The van der Waals surface area contributed by atoms with E-state index in [0.29, 0.717) is 54.8 Å². The van der Waals surface area contributed by atoms with E-state index in [9.17, 15) is 28.3 Å². The standard InChI is InChI=1S/C33H36Cl2F3N3O4/c1-3-4-21(35)24(36)18(2)23-25(26(42)41-30-10-7-29(8-11-30,9-12-30)28(44)45)40-31(13-15-32(37,38)16-14-31)33(23)20-6-5-19(34)17-22(20)39-27(33)43/h3-6,17,23,25,40H,2,7-16H2,1H3,(H,39,43)(H,41,42)(H,44,45)/b4-3-,24-21-/t23-,25+,29?,30?,33+/m0/s1. The fourth-order valence-electron chi connectivity index (χ4n) is 8.94. The van der Waals surface area contributed by atoms with E-state index in [1.165, 1.54) is 12.2 Å². The summed E-state index contributed by atoms with van der Waals surface area (Å²) in [5.41, 5.74) is -3.97. The predicted molar refractivity (Wildman–Crippen MR) is 165 cm³/mol. The minimum Gasteiger partial charge on any atom is -0.481 e. The Hall–Kier alpha value is -2.82. The van der Waals surface area contributed by atoms with Crippen molar-refractivity contribution < 1.29 is 32.7 Å². The van der Waals surface area contributed by atoms with Gasteiger partial charge in [0.2, 0.25) is 17.7 Å². The molecule has 2 spiro atoms. The largest absolute Gasteiger partial charge is 0.481 e. The Bertz CT molecular complexity index is 1520. The summed E-state index contributed by atoms with van der Waals surface area (Å²) in [6.45, 7) is 5.71. The lowest BCUT2D eigenvalue weighted by molar-refractivity contribution is -0.157. The highest BCUT2D eigenvalue weighted by atomic mass is 35.5. The molecule has 45 heavy (non-hydrogen) atoms. The molecule has 3 atom stereocenters. The lowest BCUT2D eigenvalue weighted by atomic mass is 9.55. The van der Waals surface area contributed by atoms with Crippen molar-refractivity contribution in [3.8, 4) is 0 Å². The number of amides is 2. The fraction of sp³-hybridized carbons (Fsp3) is 0.545. The third-order valence-electron chi connectivity index (χ3n) is 11.4. The van der Waals surface area contributed by atoms with Crippen LogP contribution < -0.4 is 16.0 Å². The fourth-order valence-corrected chi connectivity index (χ4v) is 9.36. The minimum absolute atomic E-state index is 0.163. The lowest BCUT2D eigenvalue weighted by Crippen LogP contribution is -2.63. The van der Waals surface area contributed by atoms with Crippen LogP contribution in [-0.4, -0.2) is 45.9 Å². The summed E-state index contributed by atoms with van der Waals surface area (Å²) in [4.78, 5) is 40.9. The maximum atomic E-state index is 16.2. The molecule has 2 bridgehead atoms. The van der Waals surface area contributed by atoms with Gasteiger partial charge >= 0.3 is 5.97 Å². The average Bonchev–Trinajstić information content (AvgIpc) is 3.46. The number of halogens is 5. The summed E-state index contributed by atoms with van der Waals surface area (Å²) < 4.78 is 45.6. The van der Waals surface area contributed by atoms with Gasteiger partial charge in [0, 0.05) is 40.5 Å². The number of carbonyl (C=O) groups is 3. The van der Waals surface area contributed by atoms with Crippen molar-refractivity contribution in [1.82, 2.24) is 10.6 Å². The minimum atomic E-state index is -2.97. The molecule has 4 N–H and O–H groups in total. The van der Waals surface area contributed by atoms with Crippen LogP contribution in [0.25, 0.3) is 0 Å². The molecule has 4 aliphatic carbocycles. The number of hydrogen-bond acceptors (Lipinski definition) is 4. The number of carboxylic acid groups (broad SMARTS) is 1. The molecule has 0 unspecified atom stereocenters. The first-order valence-corrected chi connectivity index (χ1v) is 16.1. The predicted octanol–water partition coefficient (Wildman–Crippen LogP) is 6.91. The molecule has 0 aromatic heterocycles. The molecule has 12 heteroatoms. The van der Waals surface area contributed by atoms with Crippen LogP contribution in [0.3, 0.4) is 0 Å². The second kappa shape index (κ2) is 10.9. The van der Waals surface area contributed by atoms with E-state index in [2.05, 4.69) is 22.5 Å². The highest BCUT2D eigenvalue weighted by molar-refractivity contribution is 6.32. The van der Waals surface area contributed by atoms with Gasteiger partial charge in [0.1, 0.15) is 11.2 Å². The number of aliphatic carboxylic acids is 1. The number of nitrogens with one attached hydrogen (secondary N) is 3. The van der Waals surface area contributed by atoms with Gasteiger partial charge < -0.3 is 15.7 Å². The zero-order valence-corrected chi connectivity index (χ0v) is 26.4. The van der Waals surface area contributed by atoms with E-state index in [-0.39, 0.29) is 23.4 Å². The Morgan fingerprint density at radius 3 is 2.27 bits per heavy atom. The van der Waals surface area contributed by atoms with Crippen LogP contribution in [0.5, 0.6) is 0 Å². The van der Waals surface area contributed by atoms with Gasteiger partial charge in [-0.25, -0.2) is 13.2 Å². The van der Waals surface area contributed by atoms with Crippen LogP contribution in [0.15, 0.2) is 53.4 Å². The van der Waals surface area contributed by atoms with Crippen LogP contribution in [-0.2, 0) is 19.8 Å². The van der Waals surface area contributed by atoms with Crippen molar-refractivity contribution in [2.24, 2.45) is 11.3 Å². The van der Waals surface area contributed by atoms with Gasteiger partial charge in [-0.15, -0.1) is 0 Å².